The van der Waals surface area contributed by atoms with Crippen molar-refractivity contribution in [3.63, 3.8) is 0 Å². The number of benzene rings is 2. The molecule has 1 N–H and O–H groups in total. The maximum Gasteiger partial charge on any atom is 0.188 e. The maximum absolute atomic E-state index is 6.15. The van der Waals surface area contributed by atoms with Crippen LogP contribution < -0.4 is 14.8 Å². The van der Waals surface area contributed by atoms with Gasteiger partial charge in [0.1, 0.15) is 12.4 Å². The molecule has 0 fully saturated rings. The standard InChI is InChI=1S/C24H23N3O2S2/c1-17-15-31-24(26-17)27-23-22(29-14-18-6-4-3-5-7-18)12-21(13-25-23)30-16-19-8-10-20(28-2)11-9-19/h3-13,15H,14,16H2,1-2H3,(H,25,26,27). The molecule has 0 aliphatic heterocycles. The van der Waals surface area contributed by atoms with Crippen molar-refractivity contribution in [2.75, 3.05) is 12.4 Å². The van der Waals surface area contributed by atoms with Crippen LogP contribution in [0, 0.1) is 6.92 Å². The highest BCUT2D eigenvalue weighted by Crippen LogP contribution is 2.33. The molecule has 0 bridgehead atoms. The van der Waals surface area contributed by atoms with E-state index in [1.165, 1.54) is 5.56 Å². The van der Waals surface area contributed by atoms with E-state index < -0.39 is 0 Å². The molecule has 158 valence electrons. The van der Waals surface area contributed by atoms with Gasteiger partial charge in [-0.2, -0.15) is 0 Å². The predicted octanol–water partition coefficient (Wildman–Crippen LogP) is 6.47. The second kappa shape index (κ2) is 10.3. The molecule has 0 amide bonds. The van der Waals surface area contributed by atoms with E-state index in [-0.39, 0.29) is 0 Å². The number of hydrogen-bond acceptors (Lipinski definition) is 7. The van der Waals surface area contributed by atoms with Crippen LogP contribution in [0.3, 0.4) is 0 Å². The summed E-state index contributed by atoms with van der Waals surface area (Å²) in [4.78, 5) is 10.1. The Labute approximate surface area is 190 Å². The second-order valence-electron chi connectivity index (χ2n) is 6.85. The summed E-state index contributed by atoms with van der Waals surface area (Å²) in [5.74, 6) is 3.07. The topological polar surface area (TPSA) is 56.3 Å². The number of aromatic nitrogens is 2. The van der Waals surface area contributed by atoms with Crippen LogP contribution in [0.25, 0.3) is 0 Å². The molecule has 0 spiro atoms. The van der Waals surface area contributed by atoms with E-state index in [0.29, 0.717) is 18.2 Å². The Morgan fingerprint density at radius 1 is 1.03 bits per heavy atom. The number of thiazole rings is 1. The van der Waals surface area contributed by atoms with Gasteiger partial charge in [-0.25, -0.2) is 9.97 Å². The van der Waals surface area contributed by atoms with Crippen molar-refractivity contribution in [1.29, 1.82) is 0 Å². The van der Waals surface area contributed by atoms with Gasteiger partial charge in [0.2, 0.25) is 0 Å². The van der Waals surface area contributed by atoms with E-state index >= 15 is 0 Å². The number of ether oxygens (including phenoxy) is 2. The minimum absolute atomic E-state index is 0.473. The molecule has 0 atom stereocenters. The van der Waals surface area contributed by atoms with Crippen molar-refractivity contribution in [3.05, 3.63) is 89.1 Å². The highest BCUT2D eigenvalue weighted by atomic mass is 32.2. The molecule has 0 aliphatic rings. The van der Waals surface area contributed by atoms with Crippen LogP contribution in [-0.4, -0.2) is 17.1 Å². The Bertz CT molecular complexity index is 1120. The van der Waals surface area contributed by atoms with Gasteiger partial charge >= 0.3 is 0 Å². The Kier molecular flexibility index (Phi) is 7.07. The number of rotatable bonds is 9. The zero-order valence-electron chi connectivity index (χ0n) is 17.4. The highest BCUT2D eigenvalue weighted by molar-refractivity contribution is 7.98. The zero-order valence-corrected chi connectivity index (χ0v) is 19.0. The monoisotopic (exact) mass is 449 g/mol. The molecule has 4 rings (SSSR count). The summed E-state index contributed by atoms with van der Waals surface area (Å²) < 4.78 is 11.4. The molecule has 2 aromatic carbocycles. The minimum Gasteiger partial charge on any atom is -0.497 e. The number of nitrogens with zero attached hydrogens (tertiary/aromatic N) is 2. The molecule has 2 heterocycles. The first kappa shape index (κ1) is 21.2. The quantitative estimate of drug-likeness (QED) is 0.296. The van der Waals surface area contributed by atoms with Gasteiger partial charge in [0.15, 0.2) is 16.7 Å². The number of pyridine rings is 1. The van der Waals surface area contributed by atoms with Crippen LogP contribution in [-0.2, 0) is 12.4 Å². The molecule has 0 aliphatic carbocycles. The average molecular weight is 450 g/mol. The first-order valence-corrected chi connectivity index (χ1v) is 11.7. The van der Waals surface area contributed by atoms with Crippen molar-refractivity contribution in [1.82, 2.24) is 9.97 Å². The second-order valence-corrected chi connectivity index (χ2v) is 8.75. The molecule has 2 aromatic heterocycles. The fraction of sp³-hybridized carbons (Fsp3) is 0.167. The van der Waals surface area contributed by atoms with Gasteiger partial charge in [-0.05, 0) is 36.2 Å². The summed E-state index contributed by atoms with van der Waals surface area (Å²) >= 11 is 3.27. The molecule has 0 saturated carbocycles. The fourth-order valence-electron chi connectivity index (χ4n) is 2.85. The Morgan fingerprint density at radius 2 is 1.84 bits per heavy atom. The number of aryl methyl sites for hydroxylation is 1. The van der Waals surface area contributed by atoms with E-state index in [1.807, 2.05) is 67.0 Å². The van der Waals surface area contributed by atoms with Crippen LogP contribution in [0.5, 0.6) is 11.5 Å². The molecule has 7 heteroatoms. The zero-order chi connectivity index (χ0) is 21.5. The molecular formula is C24H23N3O2S2. The van der Waals surface area contributed by atoms with Crippen molar-refractivity contribution < 1.29 is 9.47 Å². The largest absolute Gasteiger partial charge is 0.497 e. The number of thioether (sulfide) groups is 1. The van der Waals surface area contributed by atoms with Crippen LogP contribution in [0.2, 0.25) is 0 Å². The third kappa shape index (κ3) is 5.99. The first-order chi connectivity index (χ1) is 15.2. The Balaban J connectivity index is 1.50. The molecule has 5 nitrogen and oxygen atoms in total. The van der Waals surface area contributed by atoms with E-state index in [9.17, 15) is 0 Å². The number of anilines is 2. The van der Waals surface area contributed by atoms with Gasteiger partial charge in [-0.3, -0.25) is 0 Å². The lowest BCUT2D eigenvalue weighted by Crippen LogP contribution is -2.01. The minimum atomic E-state index is 0.473. The highest BCUT2D eigenvalue weighted by Gasteiger charge is 2.11. The molecular weight excluding hydrogens is 426 g/mol. The third-order valence-electron chi connectivity index (χ3n) is 4.47. The summed E-state index contributed by atoms with van der Waals surface area (Å²) in [6, 6.07) is 20.3. The first-order valence-electron chi connectivity index (χ1n) is 9.81. The Morgan fingerprint density at radius 3 is 2.55 bits per heavy atom. The number of methoxy groups -OCH3 is 1. The van der Waals surface area contributed by atoms with E-state index in [1.54, 1.807) is 30.2 Å². The summed E-state index contributed by atoms with van der Waals surface area (Å²) in [7, 11) is 1.68. The summed E-state index contributed by atoms with van der Waals surface area (Å²) in [6.07, 6.45) is 1.87. The van der Waals surface area contributed by atoms with Gasteiger partial charge in [0, 0.05) is 22.2 Å². The molecule has 0 radical (unpaired) electrons. The van der Waals surface area contributed by atoms with E-state index in [2.05, 4.69) is 27.4 Å². The number of nitrogens with one attached hydrogen (secondary N) is 1. The molecule has 0 saturated heterocycles. The van der Waals surface area contributed by atoms with Gasteiger partial charge < -0.3 is 14.8 Å². The average Bonchev–Trinajstić information content (AvgIpc) is 3.23. The van der Waals surface area contributed by atoms with Crippen molar-refractivity contribution in [2.24, 2.45) is 0 Å². The SMILES string of the molecule is COc1ccc(CSc2cnc(Nc3nc(C)cs3)c(OCc3ccccc3)c2)cc1. The Hall–Kier alpha value is -3.03. The lowest BCUT2D eigenvalue weighted by Gasteiger charge is -2.13. The lowest BCUT2D eigenvalue weighted by atomic mass is 10.2. The fourth-order valence-corrected chi connectivity index (χ4v) is 4.38. The van der Waals surface area contributed by atoms with Crippen LogP contribution in [0.1, 0.15) is 16.8 Å². The van der Waals surface area contributed by atoms with Crippen LogP contribution in [0.4, 0.5) is 10.9 Å². The predicted molar refractivity (Wildman–Crippen MR) is 128 cm³/mol. The van der Waals surface area contributed by atoms with Crippen molar-refractivity contribution >= 4 is 34.0 Å². The normalized spacial score (nSPS) is 10.6. The van der Waals surface area contributed by atoms with Crippen LogP contribution in [0.15, 0.2) is 77.1 Å². The van der Waals surface area contributed by atoms with Gasteiger partial charge in [0.05, 0.1) is 12.8 Å². The van der Waals surface area contributed by atoms with Crippen molar-refractivity contribution in [3.8, 4) is 11.5 Å². The van der Waals surface area contributed by atoms with E-state index in [4.69, 9.17) is 9.47 Å². The summed E-state index contributed by atoms with van der Waals surface area (Å²) in [5, 5.41) is 6.10. The maximum atomic E-state index is 6.15. The summed E-state index contributed by atoms with van der Waals surface area (Å²) in [6.45, 7) is 2.45. The molecule has 31 heavy (non-hydrogen) atoms. The molecule has 0 unspecified atom stereocenters. The molecule has 4 aromatic rings. The lowest BCUT2D eigenvalue weighted by molar-refractivity contribution is 0.306. The summed E-state index contributed by atoms with van der Waals surface area (Å²) in [5.41, 5.74) is 3.30. The van der Waals surface area contributed by atoms with Gasteiger partial charge in [-0.15, -0.1) is 23.1 Å². The van der Waals surface area contributed by atoms with E-state index in [0.717, 1.165) is 32.8 Å². The van der Waals surface area contributed by atoms with Crippen LogP contribution >= 0.6 is 23.1 Å². The number of hydrogen-bond donors (Lipinski definition) is 1. The van der Waals surface area contributed by atoms with Gasteiger partial charge in [-0.1, -0.05) is 42.5 Å². The smallest absolute Gasteiger partial charge is 0.188 e. The van der Waals surface area contributed by atoms with Gasteiger partial charge in [0.25, 0.3) is 0 Å². The van der Waals surface area contributed by atoms with Crippen molar-refractivity contribution in [2.45, 2.75) is 24.2 Å². The third-order valence-corrected chi connectivity index (χ3v) is 6.38.